The fourth-order valence-electron chi connectivity index (χ4n) is 1.90. The van der Waals surface area contributed by atoms with Gasteiger partial charge in [-0.1, -0.05) is 20.8 Å². The van der Waals surface area contributed by atoms with Crippen LogP contribution in [0.4, 0.5) is 0 Å². The van der Waals surface area contributed by atoms with Crippen molar-refractivity contribution in [2.45, 2.75) is 40.0 Å². The summed E-state index contributed by atoms with van der Waals surface area (Å²) in [5, 5.41) is 0. The lowest BCUT2D eigenvalue weighted by molar-refractivity contribution is -0.138. The van der Waals surface area contributed by atoms with E-state index in [0.717, 1.165) is 32.4 Å². The zero-order valence-electron chi connectivity index (χ0n) is 10.3. The SMILES string of the molecule is CC1CCCN(CCC(C)(C)CN)C1=O. The van der Waals surface area contributed by atoms with Gasteiger partial charge in [-0.2, -0.15) is 0 Å². The van der Waals surface area contributed by atoms with Crippen LogP contribution in [-0.2, 0) is 4.79 Å². The number of amides is 1. The molecular formula is C12H24N2O. The number of nitrogens with zero attached hydrogens (tertiary/aromatic N) is 1. The van der Waals surface area contributed by atoms with Crippen LogP contribution in [0, 0.1) is 11.3 Å². The summed E-state index contributed by atoms with van der Waals surface area (Å²) in [4.78, 5) is 13.8. The molecule has 1 atom stereocenters. The highest BCUT2D eigenvalue weighted by Crippen LogP contribution is 2.22. The van der Waals surface area contributed by atoms with E-state index in [4.69, 9.17) is 5.73 Å². The predicted octanol–water partition coefficient (Wildman–Crippen LogP) is 1.62. The maximum Gasteiger partial charge on any atom is 0.225 e. The summed E-state index contributed by atoms with van der Waals surface area (Å²) in [6, 6.07) is 0. The quantitative estimate of drug-likeness (QED) is 0.769. The Labute approximate surface area is 93.0 Å². The molecule has 0 aromatic heterocycles. The molecule has 15 heavy (non-hydrogen) atoms. The van der Waals surface area contributed by atoms with Gasteiger partial charge in [0.1, 0.15) is 0 Å². The van der Waals surface area contributed by atoms with Gasteiger partial charge in [-0.3, -0.25) is 4.79 Å². The molecule has 1 rings (SSSR count). The van der Waals surface area contributed by atoms with Gasteiger partial charge in [0.25, 0.3) is 0 Å². The highest BCUT2D eigenvalue weighted by Gasteiger charge is 2.26. The van der Waals surface area contributed by atoms with Crippen molar-refractivity contribution in [1.82, 2.24) is 4.90 Å². The van der Waals surface area contributed by atoms with Crippen LogP contribution in [-0.4, -0.2) is 30.4 Å². The van der Waals surface area contributed by atoms with E-state index in [1.165, 1.54) is 0 Å². The van der Waals surface area contributed by atoms with E-state index in [2.05, 4.69) is 13.8 Å². The van der Waals surface area contributed by atoms with Crippen LogP contribution in [0.25, 0.3) is 0 Å². The highest BCUT2D eigenvalue weighted by atomic mass is 16.2. The molecule has 1 saturated heterocycles. The van der Waals surface area contributed by atoms with Crippen molar-refractivity contribution in [2.24, 2.45) is 17.1 Å². The van der Waals surface area contributed by atoms with Gasteiger partial charge in [-0.25, -0.2) is 0 Å². The van der Waals surface area contributed by atoms with Crippen molar-refractivity contribution in [3.63, 3.8) is 0 Å². The van der Waals surface area contributed by atoms with Crippen molar-refractivity contribution in [3.05, 3.63) is 0 Å². The second-order valence-electron chi connectivity index (χ2n) is 5.49. The summed E-state index contributed by atoms with van der Waals surface area (Å²) in [6.07, 6.45) is 3.20. The number of carbonyl (C=O) groups excluding carboxylic acids is 1. The smallest absolute Gasteiger partial charge is 0.225 e. The molecule has 1 aliphatic rings. The van der Waals surface area contributed by atoms with Gasteiger partial charge >= 0.3 is 0 Å². The first-order valence-corrected chi connectivity index (χ1v) is 5.95. The van der Waals surface area contributed by atoms with Crippen LogP contribution < -0.4 is 5.73 Å². The van der Waals surface area contributed by atoms with Gasteiger partial charge in [-0.05, 0) is 31.2 Å². The summed E-state index contributed by atoms with van der Waals surface area (Å²) in [6.45, 7) is 8.83. The molecule has 1 aliphatic heterocycles. The molecular weight excluding hydrogens is 188 g/mol. The number of hydrogen-bond donors (Lipinski definition) is 1. The monoisotopic (exact) mass is 212 g/mol. The Morgan fingerprint density at radius 3 is 2.80 bits per heavy atom. The van der Waals surface area contributed by atoms with Crippen molar-refractivity contribution < 1.29 is 4.79 Å². The lowest BCUT2D eigenvalue weighted by Crippen LogP contribution is -2.42. The van der Waals surface area contributed by atoms with Gasteiger partial charge in [0.05, 0.1) is 0 Å². The van der Waals surface area contributed by atoms with Gasteiger partial charge in [0.2, 0.25) is 5.91 Å². The molecule has 0 spiro atoms. The van der Waals surface area contributed by atoms with Crippen molar-refractivity contribution in [3.8, 4) is 0 Å². The van der Waals surface area contributed by atoms with E-state index in [0.29, 0.717) is 12.5 Å². The molecule has 1 amide bonds. The Bertz CT molecular complexity index is 226. The van der Waals surface area contributed by atoms with Crippen LogP contribution in [0.3, 0.4) is 0 Å². The Morgan fingerprint density at radius 1 is 1.53 bits per heavy atom. The topological polar surface area (TPSA) is 46.3 Å². The fourth-order valence-corrected chi connectivity index (χ4v) is 1.90. The minimum absolute atomic E-state index is 0.154. The molecule has 1 heterocycles. The molecule has 0 aliphatic carbocycles. The Hall–Kier alpha value is -0.570. The maximum atomic E-state index is 11.8. The van der Waals surface area contributed by atoms with E-state index >= 15 is 0 Å². The zero-order chi connectivity index (χ0) is 11.5. The summed E-state index contributed by atoms with van der Waals surface area (Å²) >= 11 is 0. The third-order valence-corrected chi connectivity index (χ3v) is 3.41. The van der Waals surface area contributed by atoms with Crippen LogP contribution >= 0.6 is 0 Å². The van der Waals surface area contributed by atoms with Crippen molar-refractivity contribution in [2.75, 3.05) is 19.6 Å². The Balaban J connectivity index is 2.41. The number of carbonyl (C=O) groups is 1. The predicted molar refractivity (Wildman–Crippen MR) is 62.4 cm³/mol. The molecule has 88 valence electrons. The molecule has 1 unspecified atom stereocenters. The van der Waals surface area contributed by atoms with Crippen molar-refractivity contribution in [1.29, 1.82) is 0 Å². The summed E-state index contributed by atoms with van der Waals surface area (Å²) < 4.78 is 0. The number of nitrogens with two attached hydrogens (primary N) is 1. The number of hydrogen-bond acceptors (Lipinski definition) is 2. The van der Waals surface area contributed by atoms with Crippen LogP contribution in [0.5, 0.6) is 0 Å². The first-order valence-electron chi connectivity index (χ1n) is 5.95. The van der Waals surface area contributed by atoms with Gasteiger partial charge in [0.15, 0.2) is 0 Å². The summed E-state index contributed by atoms with van der Waals surface area (Å²) in [7, 11) is 0. The largest absolute Gasteiger partial charge is 0.342 e. The molecule has 2 N–H and O–H groups in total. The first-order chi connectivity index (χ1) is 6.96. The Morgan fingerprint density at radius 2 is 2.20 bits per heavy atom. The zero-order valence-corrected chi connectivity index (χ0v) is 10.3. The third-order valence-electron chi connectivity index (χ3n) is 3.41. The van der Waals surface area contributed by atoms with E-state index in [9.17, 15) is 4.79 Å². The lowest BCUT2D eigenvalue weighted by atomic mass is 9.88. The second kappa shape index (κ2) is 4.97. The number of likely N-dealkylation sites (tertiary alicyclic amines) is 1. The van der Waals surface area contributed by atoms with Crippen LogP contribution in [0.15, 0.2) is 0 Å². The van der Waals surface area contributed by atoms with E-state index in [-0.39, 0.29) is 11.3 Å². The second-order valence-corrected chi connectivity index (χ2v) is 5.49. The average molecular weight is 212 g/mol. The van der Waals surface area contributed by atoms with Gasteiger partial charge in [-0.15, -0.1) is 0 Å². The lowest BCUT2D eigenvalue weighted by Gasteiger charge is -2.33. The average Bonchev–Trinajstić information content (AvgIpc) is 2.20. The molecule has 3 nitrogen and oxygen atoms in total. The molecule has 0 saturated carbocycles. The standard InChI is InChI=1S/C12H24N2O/c1-10-5-4-7-14(11(10)15)8-6-12(2,3)9-13/h10H,4-9,13H2,1-3H3. The van der Waals surface area contributed by atoms with E-state index < -0.39 is 0 Å². The number of rotatable bonds is 4. The van der Waals surface area contributed by atoms with Crippen LogP contribution in [0.2, 0.25) is 0 Å². The van der Waals surface area contributed by atoms with E-state index in [1.54, 1.807) is 0 Å². The molecule has 0 aromatic carbocycles. The maximum absolute atomic E-state index is 11.8. The normalized spacial score (nSPS) is 23.3. The van der Waals surface area contributed by atoms with E-state index in [1.807, 2.05) is 11.8 Å². The van der Waals surface area contributed by atoms with Crippen LogP contribution in [0.1, 0.15) is 40.0 Å². The van der Waals surface area contributed by atoms with Gasteiger partial charge in [0, 0.05) is 19.0 Å². The van der Waals surface area contributed by atoms with Crippen molar-refractivity contribution >= 4 is 5.91 Å². The number of piperidine rings is 1. The third kappa shape index (κ3) is 3.49. The highest BCUT2D eigenvalue weighted by molar-refractivity contribution is 5.79. The fraction of sp³-hybridized carbons (Fsp3) is 0.917. The molecule has 0 bridgehead atoms. The molecule has 1 fully saturated rings. The molecule has 0 aromatic rings. The van der Waals surface area contributed by atoms with Gasteiger partial charge < -0.3 is 10.6 Å². The molecule has 3 heteroatoms. The summed E-state index contributed by atoms with van der Waals surface area (Å²) in [5.41, 5.74) is 5.83. The minimum atomic E-state index is 0.154. The molecule has 0 radical (unpaired) electrons. The minimum Gasteiger partial charge on any atom is -0.342 e. The first kappa shape index (κ1) is 12.5. The Kier molecular flexibility index (Phi) is 4.14. The summed E-state index contributed by atoms with van der Waals surface area (Å²) in [5.74, 6) is 0.550.